The monoisotopic (exact) mass is 319 g/mol. The Bertz CT molecular complexity index is 540. The Morgan fingerprint density at radius 2 is 1.70 bits per heavy atom. The Balaban J connectivity index is 2.02. The molecule has 0 amide bonds. The summed E-state index contributed by atoms with van der Waals surface area (Å²) in [7, 11) is -0.382. The summed E-state index contributed by atoms with van der Waals surface area (Å²) in [6.07, 6.45) is 0.447. The molecule has 2 rings (SSSR count). The largest absolute Gasteiger partial charge is 0.494 e. The van der Waals surface area contributed by atoms with Crippen molar-refractivity contribution < 1.29 is 18.8 Å². The van der Waals surface area contributed by atoms with Crippen molar-refractivity contribution in [3.63, 3.8) is 0 Å². The van der Waals surface area contributed by atoms with E-state index in [1.807, 2.05) is 52.0 Å². The fraction of sp³-hybridized carbons (Fsp3) is 0.588. The van der Waals surface area contributed by atoms with Crippen LogP contribution in [0, 0.1) is 0 Å². The van der Waals surface area contributed by atoms with Crippen molar-refractivity contribution >= 4 is 18.6 Å². The minimum atomic E-state index is -0.641. The zero-order valence-electron chi connectivity index (χ0n) is 14.6. The fourth-order valence-electron chi connectivity index (χ4n) is 2.38. The highest BCUT2D eigenvalue weighted by molar-refractivity contribution is 6.62. The molecule has 1 fully saturated rings. The molecular formula is C17H26BNO4. The maximum atomic E-state index is 11.6. The number of nitrogens with two attached hydrogens (primary N) is 1. The van der Waals surface area contributed by atoms with Gasteiger partial charge in [-0.3, -0.25) is 4.79 Å². The number of hydrogen-bond acceptors (Lipinski definition) is 5. The van der Waals surface area contributed by atoms with Crippen molar-refractivity contribution in [1.82, 2.24) is 0 Å². The summed E-state index contributed by atoms with van der Waals surface area (Å²) in [5.41, 5.74) is 7.06. The van der Waals surface area contributed by atoms with Gasteiger partial charge in [-0.1, -0.05) is 24.3 Å². The van der Waals surface area contributed by atoms with E-state index in [9.17, 15) is 4.79 Å². The summed E-state index contributed by atoms with van der Waals surface area (Å²) in [5.74, 6) is -0.373. The van der Waals surface area contributed by atoms with Gasteiger partial charge in [-0.05, 0) is 52.1 Å². The topological polar surface area (TPSA) is 70.8 Å². The van der Waals surface area contributed by atoms with Gasteiger partial charge in [0, 0.05) is 0 Å². The van der Waals surface area contributed by atoms with Crippen molar-refractivity contribution in [2.45, 2.75) is 58.3 Å². The highest BCUT2D eigenvalue weighted by Crippen LogP contribution is 2.36. The van der Waals surface area contributed by atoms with Crippen LogP contribution in [0.15, 0.2) is 24.3 Å². The minimum Gasteiger partial charge on any atom is -0.465 e. The van der Waals surface area contributed by atoms with Crippen LogP contribution in [0.5, 0.6) is 0 Å². The number of ether oxygens (including phenoxy) is 1. The van der Waals surface area contributed by atoms with Gasteiger partial charge in [0.25, 0.3) is 0 Å². The molecular weight excluding hydrogens is 293 g/mol. The van der Waals surface area contributed by atoms with Crippen LogP contribution < -0.4 is 11.2 Å². The molecule has 126 valence electrons. The predicted octanol–water partition coefficient (Wildman–Crippen LogP) is 1.42. The van der Waals surface area contributed by atoms with E-state index < -0.39 is 6.04 Å². The first-order chi connectivity index (χ1) is 10.7. The van der Waals surface area contributed by atoms with Crippen LogP contribution in [0.4, 0.5) is 0 Å². The second-order valence-corrected chi connectivity index (χ2v) is 6.89. The van der Waals surface area contributed by atoms with Gasteiger partial charge in [0.05, 0.1) is 17.8 Å². The molecule has 1 aliphatic heterocycles. The molecule has 0 unspecified atom stereocenters. The lowest BCUT2D eigenvalue weighted by molar-refractivity contribution is -0.144. The highest BCUT2D eigenvalue weighted by atomic mass is 16.7. The lowest BCUT2D eigenvalue weighted by Gasteiger charge is -2.32. The summed E-state index contributed by atoms with van der Waals surface area (Å²) in [6, 6.07) is 7.15. The van der Waals surface area contributed by atoms with Gasteiger partial charge in [0.15, 0.2) is 0 Å². The van der Waals surface area contributed by atoms with Gasteiger partial charge in [-0.15, -0.1) is 0 Å². The molecule has 23 heavy (non-hydrogen) atoms. The number of carbonyl (C=O) groups is 1. The molecule has 6 heteroatoms. The van der Waals surface area contributed by atoms with Gasteiger partial charge in [0.2, 0.25) is 0 Å². The molecule has 0 bridgehead atoms. The van der Waals surface area contributed by atoms with E-state index in [2.05, 4.69) is 0 Å². The van der Waals surface area contributed by atoms with Crippen LogP contribution in [0.25, 0.3) is 0 Å². The van der Waals surface area contributed by atoms with Gasteiger partial charge in [-0.25, -0.2) is 0 Å². The molecule has 0 spiro atoms. The number of esters is 1. The van der Waals surface area contributed by atoms with Gasteiger partial charge in [0.1, 0.15) is 6.04 Å². The zero-order chi connectivity index (χ0) is 17.3. The first-order valence-corrected chi connectivity index (χ1v) is 8.03. The Hall–Kier alpha value is -1.37. The number of benzene rings is 1. The van der Waals surface area contributed by atoms with Crippen LogP contribution in [-0.4, -0.2) is 36.9 Å². The van der Waals surface area contributed by atoms with Crippen LogP contribution in [0.3, 0.4) is 0 Å². The molecule has 0 aliphatic carbocycles. The molecule has 2 N–H and O–H groups in total. The van der Waals surface area contributed by atoms with Crippen molar-refractivity contribution in [2.24, 2.45) is 5.73 Å². The lowest BCUT2D eigenvalue weighted by Crippen LogP contribution is -2.41. The smallest absolute Gasteiger partial charge is 0.465 e. The van der Waals surface area contributed by atoms with Crippen LogP contribution in [0.2, 0.25) is 0 Å². The fourth-order valence-corrected chi connectivity index (χ4v) is 2.38. The SMILES string of the molecule is CCOC(=O)[C@@H](N)Cc1ccc(B2OC(C)(C)C(C)(C)O2)cc1. The van der Waals surface area contributed by atoms with E-state index >= 15 is 0 Å². The summed E-state index contributed by atoms with van der Waals surface area (Å²) >= 11 is 0. The van der Waals surface area contributed by atoms with E-state index in [1.54, 1.807) is 6.92 Å². The second kappa shape index (κ2) is 6.63. The van der Waals surface area contributed by atoms with E-state index in [1.165, 1.54) is 0 Å². The third-order valence-corrected chi connectivity index (χ3v) is 4.55. The Kier molecular flexibility index (Phi) is 5.18. The van der Waals surface area contributed by atoms with Crippen LogP contribution in [-0.2, 0) is 25.3 Å². The lowest BCUT2D eigenvalue weighted by atomic mass is 9.78. The minimum absolute atomic E-state index is 0.341. The Labute approximate surface area is 138 Å². The Morgan fingerprint density at radius 1 is 1.17 bits per heavy atom. The van der Waals surface area contributed by atoms with Crippen LogP contribution in [0.1, 0.15) is 40.2 Å². The third-order valence-electron chi connectivity index (χ3n) is 4.55. The summed E-state index contributed by atoms with van der Waals surface area (Å²) in [4.78, 5) is 11.6. The number of hydrogen-bond donors (Lipinski definition) is 1. The normalized spacial score (nSPS) is 20.3. The number of carbonyl (C=O) groups excluding carboxylic acids is 1. The molecule has 5 nitrogen and oxygen atoms in total. The van der Waals surface area contributed by atoms with E-state index in [0.29, 0.717) is 13.0 Å². The summed E-state index contributed by atoms with van der Waals surface area (Å²) < 4.78 is 17.0. The Morgan fingerprint density at radius 3 is 2.17 bits per heavy atom. The molecule has 1 atom stereocenters. The molecule has 1 aromatic carbocycles. The second-order valence-electron chi connectivity index (χ2n) is 6.89. The van der Waals surface area contributed by atoms with Crippen molar-refractivity contribution in [1.29, 1.82) is 0 Å². The maximum absolute atomic E-state index is 11.6. The third kappa shape index (κ3) is 3.94. The molecule has 1 aromatic rings. The summed E-state index contributed by atoms with van der Waals surface area (Å²) in [6.45, 7) is 10.2. The van der Waals surface area contributed by atoms with Crippen molar-refractivity contribution in [2.75, 3.05) is 6.61 Å². The molecule has 0 saturated carbocycles. The van der Waals surface area contributed by atoms with Gasteiger partial charge < -0.3 is 19.8 Å². The average molecular weight is 319 g/mol. The first kappa shape index (κ1) is 18.0. The quantitative estimate of drug-likeness (QED) is 0.656. The predicted molar refractivity (Wildman–Crippen MR) is 90.5 cm³/mol. The zero-order valence-corrected chi connectivity index (χ0v) is 14.6. The highest BCUT2D eigenvalue weighted by Gasteiger charge is 2.51. The van der Waals surface area contributed by atoms with Crippen LogP contribution >= 0.6 is 0 Å². The maximum Gasteiger partial charge on any atom is 0.494 e. The van der Waals surface area contributed by atoms with Gasteiger partial charge >= 0.3 is 13.1 Å². The van der Waals surface area contributed by atoms with Crippen molar-refractivity contribution in [3.05, 3.63) is 29.8 Å². The molecule has 1 saturated heterocycles. The molecule has 1 aliphatic rings. The molecule has 0 radical (unpaired) electrons. The number of rotatable bonds is 5. The molecule has 0 aromatic heterocycles. The average Bonchev–Trinajstić information content (AvgIpc) is 2.68. The standard InChI is InChI=1S/C17H26BNO4/c1-6-21-15(20)14(19)11-12-7-9-13(10-8-12)18-22-16(2,3)17(4,5)23-18/h7-10,14H,6,11,19H2,1-5H3/t14-/m0/s1. The molecule has 1 heterocycles. The van der Waals surface area contributed by atoms with E-state index in [-0.39, 0.29) is 24.3 Å². The van der Waals surface area contributed by atoms with Crippen molar-refractivity contribution in [3.8, 4) is 0 Å². The van der Waals surface area contributed by atoms with E-state index in [0.717, 1.165) is 11.0 Å². The summed E-state index contributed by atoms with van der Waals surface area (Å²) in [5, 5.41) is 0. The van der Waals surface area contributed by atoms with E-state index in [4.69, 9.17) is 19.8 Å². The first-order valence-electron chi connectivity index (χ1n) is 8.03. The van der Waals surface area contributed by atoms with Gasteiger partial charge in [-0.2, -0.15) is 0 Å².